The molecule has 1 saturated carbocycles. The number of alkyl halides is 1. The predicted octanol–water partition coefficient (Wildman–Crippen LogP) is 3.90. The van der Waals surface area contributed by atoms with Gasteiger partial charge in [0.15, 0.2) is 10.7 Å². The highest BCUT2D eigenvalue weighted by Crippen LogP contribution is 2.48. The molecule has 3 aromatic rings. The molecule has 2 bridgehead atoms. The molecule has 4 atom stereocenters. The maximum absolute atomic E-state index is 14.8. The number of ether oxygens (including phenoxy) is 1. The van der Waals surface area contributed by atoms with Crippen molar-refractivity contribution in [1.82, 2.24) is 24.5 Å². The highest BCUT2D eigenvalue weighted by Gasteiger charge is 2.50. The molecule has 9 rings (SSSR count). The summed E-state index contributed by atoms with van der Waals surface area (Å²) in [5.41, 5.74) is 1.03. The summed E-state index contributed by atoms with van der Waals surface area (Å²) in [6.45, 7) is 2.82. The number of aromatic hydroxyl groups is 1. The van der Waals surface area contributed by atoms with Crippen LogP contribution in [-0.2, 0) is 10.0 Å². The lowest BCUT2D eigenvalue weighted by atomic mass is 9.95. The van der Waals surface area contributed by atoms with Crippen molar-refractivity contribution in [3.63, 3.8) is 0 Å². The Morgan fingerprint density at radius 1 is 1.07 bits per heavy atom. The number of piperazine rings is 1. The average molecular weight is 633 g/mol. The van der Waals surface area contributed by atoms with Gasteiger partial charge in [0.1, 0.15) is 18.5 Å². The van der Waals surface area contributed by atoms with Crippen molar-refractivity contribution in [1.29, 1.82) is 0 Å². The molecule has 5 aliphatic heterocycles. The van der Waals surface area contributed by atoms with Gasteiger partial charge in [0.05, 0.1) is 16.9 Å². The molecule has 6 aliphatic rings. The van der Waals surface area contributed by atoms with Crippen molar-refractivity contribution < 1.29 is 22.7 Å². The minimum atomic E-state index is -4.08. The average Bonchev–Trinajstić information content (AvgIpc) is 3.58. The summed E-state index contributed by atoms with van der Waals surface area (Å²) >= 11 is 0. The minimum Gasteiger partial charge on any atom is -0.508 e. The molecular weight excluding hydrogens is 595 g/mol. The fourth-order valence-electron chi connectivity index (χ4n) is 8.50. The lowest BCUT2D eigenvalue weighted by molar-refractivity contribution is 0.107. The summed E-state index contributed by atoms with van der Waals surface area (Å²) in [7, 11) is -4.08. The fourth-order valence-corrected chi connectivity index (χ4v) is 10.5. The number of sulfonamides is 1. The molecule has 12 heteroatoms. The Balaban J connectivity index is 1.21. The van der Waals surface area contributed by atoms with E-state index >= 15 is 0 Å². The third-order valence-corrected chi connectivity index (χ3v) is 12.5. The topological polar surface area (TPSA) is 111 Å². The lowest BCUT2D eigenvalue weighted by Crippen LogP contribution is -2.52. The van der Waals surface area contributed by atoms with Crippen LogP contribution in [-0.4, -0.2) is 95.3 Å². The summed E-state index contributed by atoms with van der Waals surface area (Å²) in [6.07, 6.45) is 6.81. The first-order chi connectivity index (χ1) is 21.8. The largest absolute Gasteiger partial charge is 0.508 e. The normalized spacial score (nSPS) is 30.4. The number of phenols is 1. The molecule has 2 N–H and O–H groups in total. The van der Waals surface area contributed by atoms with E-state index in [2.05, 4.69) is 15.1 Å². The van der Waals surface area contributed by atoms with E-state index < -0.39 is 16.2 Å². The number of halogens is 1. The van der Waals surface area contributed by atoms with E-state index in [4.69, 9.17) is 14.7 Å². The van der Waals surface area contributed by atoms with Crippen LogP contribution in [0.2, 0.25) is 0 Å². The van der Waals surface area contributed by atoms with E-state index in [-0.39, 0.29) is 52.6 Å². The monoisotopic (exact) mass is 632 g/mol. The van der Waals surface area contributed by atoms with Gasteiger partial charge in [0.25, 0.3) is 10.0 Å². The van der Waals surface area contributed by atoms with Crippen LogP contribution in [0.15, 0.2) is 41.3 Å². The van der Waals surface area contributed by atoms with Crippen LogP contribution in [0.25, 0.3) is 22.5 Å². The molecule has 0 radical (unpaired) electrons. The van der Waals surface area contributed by atoms with E-state index in [0.717, 1.165) is 55.8 Å². The third-order valence-electron chi connectivity index (χ3n) is 10.6. The first kappa shape index (κ1) is 27.8. The number of rotatable bonds is 6. The quantitative estimate of drug-likeness (QED) is 0.418. The Morgan fingerprint density at radius 3 is 2.67 bits per heavy atom. The van der Waals surface area contributed by atoms with Gasteiger partial charge in [-0.3, -0.25) is 9.21 Å². The van der Waals surface area contributed by atoms with Crippen LogP contribution in [0.1, 0.15) is 56.2 Å². The highest BCUT2D eigenvalue weighted by atomic mass is 32.2. The third kappa shape index (κ3) is 4.51. The van der Waals surface area contributed by atoms with E-state index in [9.17, 15) is 17.9 Å². The summed E-state index contributed by atoms with van der Waals surface area (Å²) in [5.74, 6) is 0.445. The number of hydrogen-bond acceptors (Lipinski definition) is 9. The highest BCUT2D eigenvalue weighted by molar-refractivity contribution is 7.89. The first-order valence-electron chi connectivity index (χ1n) is 16.2. The molecule has 1 aliphatic carbocycles. The number of aromatic nitrogens is 2. The van der Waals surface area contributed by atoms with Gasteiger partial charge in [-0.05, 0) is 74.1 Å². The molecule has 45 heavy (non-hydrogen) atoms. The second-order valence-electron chi connectivity index (χ2n) is 13.7. The van der Waals surface area contributed by atoms with Gasteiger partial charge in [-0.15, -0.1) is 0 Å². The van der Waals surface area contributed by atoms with Gasteiger partial charge < -0.3 is 20.1 Å². The fraction of sp³-hybridized carbons (Fsp3) is 0.515. The molecule has 4 saturated heterocycles. The Kier molecular flexibility index (Phi) is 6.18. The first-order valence-corrected chi connectivity index (χ1v) is 17.6. The second kappa shape index (κ2) is 10.0. The van der Waals surface area contributed by atoms with Crippen molar-refractivity contribution >= 4 is 38.4 Å². The van der Waals surface area contributed by atoms with Gasteiger partial charge >= 0.3 is 6.01 Å². The number of phenolic OH excluding ortho intramolecular Hbond substituents is 1. The van der Waals surface area contributed by atoms with Gasteiger partial charge in [-0.2, -0.15) is 9.97 Å². The van der Waals surface area contributed by atoms with Crippen LogP contribution in [0, 0.1) is 0 Å². The van der Waals surface area contributed by atoms with E-state index in [1.54, 1.807) is 12.1 Å². The summed E-state index contributed by atoms with van der Waals surface area (Å²) in [4.78, 5) is 14.0. The second-order valence-corrected chi connectivity index (χ2v) is 15.5. The molecule has 0 amide bonds. The molecule has 5 fully saturated rings. The Bertz CT molecular complexity index is 1840. The number of nitrogens with one attached hydrogen (secondary N) is 1. The number of benzene rings is 2. The molecule has 10 nitrogen and oxygen atoms in total. The molecular formula is C33H37FN6O4S. The van der Waals surface area contributed by atoms with Crippen molar-refractivity contribution in [3.05, 3.63) is 47.7 Å². The Labute approximate surface area is 261 Å². The Hall–Kier alpha value is -3.48. The van der Waals surface area contributed by atoms with Gasteiger partial charge in [0.2, 0.25) is 0 Å². The van der Waals surface area contributed by atoms with Gasteiger partial charge in [0, 0.05) is 49.7 Å². The number of fused-ring (bicyclic) bond motifs is 5. The van der Waals surface area contributed by atoms with Crippen molar-refractivity contribution in [3.8, 4) is 11.8 Å². The number of hydrogen-bond donors (Lipinski definition) is 2. The van der Waals surface area contributed by atoms with Crippen LogP contribution >= 0.6 is 0 Å². The number of nitrogens with zero attached hydrogens (tertiary/aromatic N) is 5. The maximum Gasteiger partial charge on any atom is 0.319 e. The van der Waals surface area contributed by atoms with Gasteiger partial charge in [-0.25, -0.2) is 12.8 Å². The van der Waals surface area contributed by atoms with Crippen LogP contribution in [0.4, 0.5) is 10.2 Å². The zero-order chi connectivity index (χ0) is 30.5. The predicted molar refractivity (Wildman–Crippen MR) is 168 cm³/mol. The van der Waals surface area contributed by atoms with Crippen molar-refractivity contribution in [2.75, 3.05) is 37.7 Å². The molecule has 2 aromatic carbocycles. The summed E-state index contributed by atoms with van der Waals surface area (Å²) < 4.78 is 52.0. The van der Waals surface area contributed by atoms with Crippen LogP contribution < -0.4 is 15.0 Å². The van der Waals surface area contributed by atoms with Crippen molar-refractivity contribution in [2.24, 2.45) is 0 Å². The summed E-state index contributed by atoms with van der Waals surface area (Å²) in [6, 6.07) is 11.5. The molecule has 1 aromatic heterocycles. The lowest BCUT2D eigenvalue weighted by Gasteiger charge is -2.37. The molecule has 2 unspecified atom stereocenters. The SMILES string of the molecule is O=S1(=O)c2c(nc(OC[C@@]34CCCN3C[C@H](F)C4)nc2N2CC3CCC(C2)N3)C=C(c2cc(O)cc3ccccc23)N1C1CC1. The van der Waals surface area contributed by atoms with Crippen LogP contribution in [0.5, 0.6) is 11.8 Å². The zero-order valence-electron chi connectivity index (χ0n) is 25.0. The summed E-state index contributed by atoms with van der Waals surface area (Å²) in [5, 5.41) is 16.0. The number of anilines is 1. The van der Waals surface area contributed by atoms with E-state index in [1.807, 2.05) is 30.3 Å². The van der Waals surface area contributed by atoms with E-state index in [0.29, 0.717) is 43.1 Å². The Morgan fingerprint density at radius 2 is 1.87 bits per heavy atom. The minimum absolute atomic E-state index is 0.0651. The zero-order valence-corrected chi connectivity index (χ0v) is 25.8. The van der Waals surface area contributed by atoms with Crippen molar-refractivity contribution in [2.45, 2.75) is 79.7 Å². The van der Waals surface area contributed by atoms with Gasteiger partial charge in [-0.1, -0.05) is 24.3 Å². The molecule has 6 heterocycles. The smallest absolute Gasteiger partial charge is 0.319 e. The van der Waals surface area contributed by atoms with Crippen LogP contribution in [0.3, 0.4) is 0 Å². The maximum atomic E-state index is 14.8. The molecule has 0 spiro atoms. The van der Waals surface area contributed by atoms with E-state index in [1.165, 1.54) is 4.31 Å². The standard InChI is InChI=1S/C33H37FN6O4S/c34-21-15-33(10-3-11-39(33)16-21)19-44-32-36-28-14-29(27-13-25(41)12-20-4-1-2-5-26(20)27)40(24-8-9-24)45(42,43)30(28)31(37-32)38-17-22-6-7-23(18-38)35-22/h1-2,4-5,12-14,21-24,35,41H,3,6-11,15-19H2/t21-,22?,23?,33+/m1/s1. The molecule has 236 valence electrons.